The maximum absolute atomic E-state index is 11.0. The molecule has 0 saturated heterocycles. The average Bonchev–Trinajstić information content (AvgIpc) is 2.18. The summed E-state index contributed by atoms with van der Waals surface area (Å²) in [5.74, 6) is -1.18. The Kier molecular flexibility index (Phi) is 4.08. The first-order valence-electron chi connectivity index (χ1n) is 4.76. The van der Waals surface area contributed by atoms with Gasteiger partial charge >= 0.3 is 5.97 Å². The molecule has 0 spiro atoms. The summed E-state index contributed by atoms with van der Waals surface area (Å²) in [6.45, 7) is 0. The molecule has 3 N–H and O–H groups in total. The van der Waals surface area contributed by atoms with Crippen molar-refractivity contribution in [2.75, 3.05) is 6.26 Å². The van der Waals surface area contributed by atoms with Gasteiger partial charge in [-0.2, -0.15) is 0 Å². The predicted octanol–water partition coefficient (Wildman–Crippen LogP) is -0.0629. The zero-order chi connectivity index (χ0) is 13.1. The van der Waals surface area contributed by atoms with E-state index in [1.165, 1.54) is 24.3 Å². The molecule has 1 aromatic rings. The number of sulfonamides is 1. The second-order valence-electron chi connectivity index (χ2n) is 3.65. The molecular formula is C10H13NO5S. The molecule has 0 fully saturated rings. The van der Waals surface area contributed by atoms with Crippen molar-refractivity contribution in [3.63, 3.8) is 0 Å². The smallest absolute Gasteiger partial charge is 0.322 e. The van der Waals surface area contributed by atoms with Gasteiger partial charge < -0.3 is 10.2 Å². The molecule has 0 aliphatic rings. The van der Waals surface area contributed by atoms with Crippen molar-refractivity contribution in [2.24, 2.45) is 0 Å². The van der Waals surface area contributed by atoms with Crippen LogP contribution in [0.1, 0.15) is 5.56 Å². The van der Waals surface area contributed by atoms with Crippen LogP contribution in [0.15, 0.2) is 24.3 Å². The molecule has 0 saturated carbocycles. The van der Waals surface area contributed by atoms with Crippen LogP contribution in [-0.2, 0) is 21.2 Å². The number of carboxylic acids is 1. The van der Waals surface area contributed by atoms with Crippen molar-refractivity contribution in [3.8, 4) is 5.75 Å². The van der Waals surface area contributed by atoms with Gasteiger partial charge in [-0.1, -0.05) is 12.1 Å². The van der Waals surface area contributed by atoms with E-state index in [4.69, 9.17) is 10.2 Å². The maximum atomic E-state index is 11.0. The minimum absolute atomic E-state index is 0.0166. The van der Waals surface area contributed by atoms with Gasteiger partial charge in [0.15, 0.2) is 0 Å². The molecule has 1 atom stereocenters. The van der Waals surface area contributed by atoms with Crippen LogP contribution in [0.25, 0.3) is 0 Å². The predicted molar refractivity (Wildman–Crippen MR) is 61.2 cm³/mol. The molecule has 0 amide bonds. The number of carboxylic acid groups (broad SMARTS) is 1. The van der Waals surface area contributed by atoms with Gasteiger partial charge in [-0.15, -0.1) is 0 Å². The Morgan fingerprint density at radius 2 is 1.88 bits per heavy atom. The molecule has 0 bridgehead atoms. The number of benzene rings is 1. The molecule has 7 heteroatoms. The zero-order valence-corrected chi connectivity index (χ0v) is 9.94. The zero-order valence-electron chi connectivity index (χ0n) is 9.12. The van der Waals surface area contributed by atoms with Crippen LogP contribution in [0, 0.1) is 0 Å². The fourth-order valence-corrected chi connectivity index (χ4v) is 2.01. The Bertz CT molecular complexity index is 494. The number of aliphatic carboxylic acids is 1. The second-order valence-corrected chi connectivity index (χ2v) is 5.43. The minimum Gasteiger partial charge on any atom is -0.508 e. The van der Waals surface area contributed by atoms with E-state index >= 15 is 0 Å². The van der Waals surface area contributed by atoms with Gasteiger partial charge in [0.2, 0.25) is 10.0 Å². The Hall–Kier alpha value is -1.60. The first kappa shape index (κ1) is 13.5. The Balaban J connectivity index is 2.80. The summed E-state index contributed by atoms with van der Waals surface area (Å²) in [6.07, 6.45) is 0.919. The van der Waals surface area contributed by atoms with Gasteiger partial charge in [0.1, 0.15) is 11.8 Å². The summed E-state index contributed by atoms with van der Waals surface area (Å²) >= 11 is 0. The van der Waals surface area contributed by atoms with Crippen molar-refractivity contribution in [3.05, 3.63) is 29.8 Å². The van der Waals surface area contributed by atoms with Crippen LogP contribution in [0.4, 0.5) is 0 Å². The van der Waals surface area contributed by atoms with E-state index in [1.807, 2.05) is 4.72 Å². The number of phenolic OH excluding ortho intramolecular Hbond substituents is 1. The van der Waals surface area contributed by atoms with E-state index in [0.717, 1.165) is 6.26 Å². The van der Waals surface area contributed by atoms with E-state index in [-0.39, 0.29) is 12.2 Å². The van der Waals surface area contributed by atoms with E-state index in [1.54, 1.807) is 0 Å². The molecule has 0 aromatic heterocycles. The van der Waals surface area contributed by atoms with Crippen LogP contribution in [0.3, 0.4) is 0 Å². The van der Waals surface area contributed by atoms with Crippen LogP contribution in [0.2, 0.25) is 0 Å². The summed E-state index contributed by atoms with van der Waals surface area (Å²) in [7, 11) is -3.58. The molecule has 6 nitrogen and oxygen atoms in total. The quantitative estimate of drug-likeness (QED) is 0.687. The molecule has 1 rings (SSSR count). The van der Waals surface area contributed by atoms with E-state index < -0.39 is 22.0 Å². The van der Waals surface area contributed by atoms with Crippen molar-refractivity contribution >= 4 is 16.0 Å². The van der Waals surface area contributed by atoms with E-state index in [9.17, 15) is 13.2 Å². The number of nitrogens with one attached hydrogen (secondary N) is 1. The number of hydrogen-bond donors (Lipinski definition) is 3. The third kappa shape index (κ3) is 4.83. The SMILES string of the molecule is CS(=O)(=O)N[C@@H](Cc1ccc(O)cc1)C(=O)O. The third-order valence-corrected chi connectivity index (χ3v) is 2.74. The summed E-state index contributed by atoms with van der Waals surface area (Å²) in [5, 5.41) is 17.9. The van der Waals surface area contributed by atoms with Crippen molar-refractivity contribution in [1.82, 2.24) is 4.72 Å². The lowest BCUT2D eigenvalue weighted by molar-refractivity contribution is -0.138. The number of rotatable bonds is 5. The fraction of sp³-hybridized carbons (Fsp3) is 0.300. The normalized spacial score (nSPS) is 13.2. The molecular weight excluding hydrogens is 246 g/mol. The largest absolute Gasteiger partial charge is 0.508 e. The van der Waals surface area contributed by atoms with Gasteiger partial charge in [-0.25, -0.2) is 13.1 Å². The number of carbonyl (C=O) groups is 1. The number of hydrogen-bond acceptors (Lipinski definition) is 4. The topological polar surface area (TPSA) is 104 Å². The lowest BCUT2D eigenvalue weighted by Crippen LogP contribution is -2.41. The molecule has 0 unspecified atom stereocenters. The summed E-state index contributed by atoms with van der Waals surface area (Å²) in [6, 6.07) is 4.68. The second kappa shape index (κ2) is 5.15. The Morgan fingerprint density at radius 1 is 1.35 bits per heavy atom. The van der Waals surface area contributed by atoms with E-state index in [2.05, 4.69) is 0 Å². The first-order valence-corrected chi connectivity index (χ1v) is 6.65. The maximum Gasteiger partial charge on any atom is 0.322 e. The van der Waals surface area contributed by atoms with Gasteiger partial charge in [0, 0.05) is 0 Å². The fourth-order valence-electron chi connectivity index (χ4n) is 1.31. The molecule has 1 aromatic carbocycles. The highest BCUT2D eigenvalue weighted by molar-refractivity contribution is 7.88. The molecule has 0 radical (unpaired) electrons. The molecule has 0 aliphatic carbocycles. The number of phenols is 1. The van der Waals surface area contributed by atoms with Gasteiger partial charge in [0.25, 0.3) is 0 Å². The Labute approximate surface area is 99.0 Å². The summed E-state index contributed by atoms with van der Waals surface area (Å²) < 4.78 is 24.0. The first-order chi connectivity index (χ1) is 7.78. The Morgan fingerprint density at radius 3 is 2.29 bits per heavy atom. The minimum atomic E-state index is -3.58. The van der Waals surface area contributed by atoms with Crippen molar-refractivity contribution in [2.45, 2.75) is 12.5 Å². The number of aromatic hydroxyl groups is 1. The van der Waals surface area contributed by atoms with Gasteiger partial charge in [-0.3, -0.25) is 4.79 Å². The van der Waals surface area contributed by atoms with Crippen LogP contribution in [0.5, 0.6) is 5.75 Å². The van der Waals surface area contributed by atoms with Gasteiger partial charge in [-0.05, 0) is 24.1 Å². The van der Waals surface area contributed by atoms with Crippen molar-refractivity contribution < 1.29 is 23.4 Å². The average molecular weight is 259 g/mol. The summed E-state index contributed by atoms with van der Waals surface area (Å²) in [5.41, 5.74) is 0.617. The lowest BCUT2D eigenvalue weighted by atomic mass is 10.1. The van der Waals surface area contributed by atoms with Crippen molar-refractivity contribution in [1.29, 1.82) is 0 Å². The third-order valence-electron chi connectivity index (χ3n) is 2.03. The van der Waals surface area contributed by atoms with E-state index in [0.29, 0.717) is 5.56 Å². The van der Waals surface area contributed by atoms with Gasteiger partial charge in [0.05, 0.1) is 6.26 Å². The molecule has 0 heterocycles. The standard InChI is InChI=1S/C10H13NO5S/c1-17(15,16)11-9(10(13)14)6-7-2-4-8(12)5-3-7/h2-5,9,11-12H,6H2,1H3,(H,13,14)/t9-/m0/s1. The highest BCUT2D eigenvalue weighted by atomic mass is 32.2. The monoisotopic (exact) mass is 259 g/mol. The van der Waals surface area contributed by atoms with Crippen LogP contribution >= 0.6 is 0 Å². The van der Waals surface area contributed by atoms with Crippen LogP contribution in [-0.4, -0.2) is 36.9 Å². The van der Waals surface area contributed by atoms with Crippen LogP contribution < -0.4 is 4.72 Å². The summed E-state index contributed by atoms with van der Waals surface area (Å²) in [4.78, 5) is 10.9. The highest BCUT2D eigenvalue weighted by Crippen LogP contribution is 2.11. The molecule has 94 valence electrons. The molecule has 17 heavy (non-hydrogen) atoms. The lowest BCUT2D eigenvalue weighted by Gasteiger charge is -2.12. The molecule has 0 aliphatic heterocycles. The highest BCUT2D eigenvalue weighted by Gasteiger charge is 2.21.